The second kappa shape index (κ2) is 8.06. The summed E-state index contributed by atoms with van der Waals surface area (Å²) in [5.41, 5.74) is 0.740. The Morgan fingerprint density at radius 2 is 1.95 bits per heavy atom. The molecule has 0 radical (unpaired) electrons. The average Bonchev–Trinajstić information content (AvgIpc) is 2.88. The van der Waals surface area contributed by atoms with Crippen molar-refractivity contribution in [1.29, 1.82) is 0 Å². The van der Waals surface area contributed by atoms with Crippen molar-refractivity contribution in [2.24, 2.45) is 5.92 Å². The minimum Gasteiger partial charge on any atom is -0.379 e. The lowest BCUT2D eigenvalue weighted by atomic mass is 10.0. The Morgan fingerprint density at radius 3 is 2.57 bits per heavy atom. The second-order valence-corrected chi connectivity index (χ2v) is 7.56. The highest BCUT2D eigenvalue weighted by Gasteiger charge is 2.34. The molecule has 2 unspecified atom stereocenters. The molecular formula is C14H17Br3N2O2. The lowest BCUT2D eigenvalue weighted by Gasteiger charge is -2.19. The lowest BCUT2D eigenvalue weighted by molar-refractivity contribution is -0.120. The molecular weight excluding hydrogens is 468 g/mol. The van der Waals surface area contributed by atoms with Gasteiger partial charge in [0.1, 0.15) is 0 Å². The van der Waals surface area contributed by atoms with Gasteiger partial charge in [-0.3, -0.25) is 4.79 Å². The highest BCUT2D eigenvalue weighted by molar-refractivity contribution is 9.11. The van der Waals surface area contributed by atoms with Gasteiger partial charge in [-0.15, -0.1) is 0 Å². The molecule has 1 saturated heterocycles. The Balaban J connectivity index is 2.07. The van der Waals surface area contributed by atoms with Crippen molar-refractivity contribution < 1.29 is 9.53 Å². The van der Waals surface area contributed by atoms with Gasteiger partial charge in [0.25, 0.3) is 0 Å². The van der Waals surface area contributed by atoms with Crippen LogP contribution in [0.4, 0.5) is 5.69 Å². The van der Waals surface area contributed by atoms with Crippen LogP contribution < -0.4 is 10.6 Å². The summed E-state index contributed by atoms with van der Waals surface area (Å²) < 4.78 is 8.04. The molecule has 21 heavy (non-hydrogen) atoms. The van der Waals surface area contributed by atoms with Gasteiger partial charge < -0.3 is 15.4 Å². The van der Waals surface area contributed by atoms with E-state index in [0.29, 0.717) is 13.2 Å². The summed E-state index contributed by atoms with van der Waals surface area (Å²) >= 11 is 10.4. The maximum atomic E-state index is 12.5. The monoisotopic (exact) mass is 482 g/mol. The SMILES string of the molecule is CCCNC1COCC1C(=O)Nc1c(Br)cc(Br)cc1Br. The van der Waals surface area contributed by atoms with Crippen molar-refractivity contribution >= 4 is 59.4 Å². The zero-order chi connectivity index (χ0) is 15.4. The van der Waals surface area contributed by atoms with Crippen LogP contribution in [-0.4, -0.2) is 31.7 Å². The second-order valence-electron chi connectivity index (χ2n) is 4.94. The quantitative estimate of drug-likeness (QED) is 0.666. The van der Waals surface area contributed by atoms with Gasteiger partial charge in [0, 0.05) is 19.5 Å². The van der Waals surface area contributed by atoms with E-state index in [1.165, 1.54) is 0 Å². The van der Waals surface area contributed by atoms with Crippen LogP contribution >= 0.6 is 47.8 Å². The predicted octanol–water partition coefficient (Wildman–Crippen LogP) is 3.93. The van der Waals surface area contributed by atoms with Crippen molar-refractivity contribution in [2.45, 2.75) is 19.4 Å². The summed E-state index contributed by atoms with van der Waals surface area (Å²) in [5.74, 6) is -0.191. The Bertz CT molecular complexity index is 502. The summed E-state index contributed by atoms with van der Waals surface area (Å²) in [6.45, 7) is 4.04. The first-order chi connectivity index (χ1) is 10.0. The molecule has 4 nitrogen and oxygen atoms in total. The maximum absolute atomic E-state index is 12.5. The Labute approximate surface area is 149 Å². The van der Waals surface area contributed by atoms with Crippen LogP contribution in [-0.2, 0) is 9.53 Å². The summed E-state index contributed by atoms with van der Waals surface area (Å²) in [7, 11) is 0. The van der Waals surface area contributed by atoms with Gasteiger partial charge in [0.2, 0.25) is 5.91 Å². The Hall–Kier alpha value is 0.0500. The molecule has 0 saturated carbocycles. The van der Waals surface area contributed by atoms with Gasteiger partial charge in [0.05, 0.1) is 24.8 Å². The number of ether oxygens (including phenoxy) is 1. The van der Waals surface area contributed by atoms with Crippen molar-refractivity contribution in [2.75, 3.05) is 25.1 Å². The number of hydrogen-bond acceptors (Lipinski definition) is 3. The Kier molecular flexibility index (Phi) is 6.68. The molecule has 0 aliphatic carbocycles. The summed E-state index contributed by atoms with van der Waals surface area (Å²) in [4.78, 5) is 12.5. The number of amides is 1. The van der Waals surface area contributed by atoms with E-state index in [4.69, 9.17) is 4.74 Å². The minimum atomic E-state index is -0.168. The third-order valence-corrected chi connectivity index (χ3v) is 5.04. The molecule has 1 heterocycles. The number of carbonyl (C=O) groups is 1. The van der Waals surface area contributed by atoms with E-state index < -0.39 is 0 Å². The van der Waals surface area contributed by atoms with Gasteiger partial charge in [-0.2, -0.15) is 0 Å². The largest absolute Gasteiger partial charge is 0.379 e. The fourth-order valence-electron chi connectivity index (χ4n) is 2.22. The Morgan fingerprint density at radius 1 is 1.29 bits per heavy atom. The van der Waals surface area contributed by atoms with E-state index >= 15 is 0 Å². The van der Waals surface area contributed by atoms with Gasteiger partial charge in [-0.1, -0.05) is 22.9 Å². The molecule has 1 fully saturated rings. The van der Waals surface area contributed by atoms with Crippen molar-refractivity contribution in [3.05, 3.63) is 25.6 Å². The summed E-state index contributed by atoms with van der Waals surface area (Å²) in [5, 5.41) is 6.35. The van der Waals surface area contributed by atoms with Gasteiger partial charge in [0.15, 0.2) is 0 Å². The molecule has 0 aromatic heterocycles. The van der Waals surface area contributed by atoms with Gasteiger partial charge in [-0.05, 0) is 57.0 Å². The van der Waals surface area contributed by atoms with Gasteiger partial charge in [-0.25, -0.2) is 0 Å². The zero-order valence-electron chi connectivity index (χ0n) is 11.6. The molecule has 2 rings (SSSR count). The molecule has 7 heteroatoms. The highest BCUT2D eigenvalue weighted by Crippen LogP contribution is 2.35. The molecule has 116 valence electrons. The van der Waals surface area contributed by atoms with E-state index in [1.54, 1.807) is 0 Å². The first-order valence-electron chi connectivity index (χ1n) is 6.79. The number of anilines is 1. The number of rotatable bonds is 5. The fourth-order valence-corrected chi connectivity index (χ4v) is 4.68. The number of carbonyl (C=O) groups excluding carboxylic acids is 1. The molecule has 1 aliphatic rings. The molecule has 0 bridgehead atoms. The number of hydrogen-bond donors (Lipinski definition) is 2. The normalized spacial score (nSPS) is 21.5. The minimum absolute atomic E-state index is 0.0233. The summed E-state index contributed by atoms with van der Waals surface area (Å²) in [6.07, 6.45) is 1.04. The number of benzene rings is 1. The topological polar surface area (TPSA) is 50.4 Å². The fraction of sp³-hybridized carbons (Fsp3) is 0.500. The predicted molar refractivity (Wildman–Crippen MR) is 94.6 cm³/mol. The first-order valence-corrected chi connectivity index (χ1v) is 9.17. The number of nitrogens with one attached hydrogen (secondary N) is 2. The molecule has 2 atom stereocenters. The number of halogens is 3. The molecule has 1 aromatic carbocycles. The first kappa shape index (κ1) is 17.4. The van der Waals surface area contributed by atoms with Crippen LogP contribution in [0.3, 0.4) is 0 Å². The van der Waals surface area contributed by atoms with Crippen molar-refractivity contribution in [3.63, 3.8) is 0 Å². The van der Waals surface area contributed by atoms with Crippen LogP contribution in [0.1, 0.15) is 13.3 Å². The van der Waals surface area contributed by atoms with Gasteiger partial charge >= 0.3 is 0 Å². The maximum Gasteiger partial charge on any atom is 0.231 e. The molecule has 1 aromatic rings. The van der Waals surface area contributed by atoms with E-state index in [0.717, 1.165) is 32.1 Å². The van der Waals surface area contributed by atoms with Crippen LogP contribution in [0, 0.1) is 5.92 Å². The van der Waals surface area contributed by atoms with E-state index in [-0.39, 0.29) is 17.9 Å². The van der Waals surface area contributed by atoms with Crippen LogP contribution in [0.5, 0.6) is 0 Å². The zero-order valence-corrected chi connectivity index (χ0v) is 16.3. The molecule has 0 spiro atoms. The molecule has 1 aliphatic heterocycles. The third kappa shape index (κ3) is 4.51. The lowest BCUT2D eigenvalue weighted by Crippen LogP contribution is -2.41. The van der Waals surface area contributed by atoms with Crippen LogP contribution in [0.2, 0.25) is 0 Å². The van der Waals surface area contributed by atoms with E-state index in [2.05, 4.69) is 65.3 Å². The van der Waals surface area contributed by atoms with E-state index in [9.17, 15) is 4.79 Å². The smallest absolute Gasteiger partial charge is 0.231 e. The highest BCUT2D eigenvalue weighted by atomic mass is 79.9. The standard InChI is InChI=1S/C14H17Br3N2O2/c1-2-3-18-12-7-21-6-9(12)14(20)19-13-10(16)4-8(15)5-11(13)17/h4-5,9,12,18H,2-3,6-7H2,1H3,(H,19,20). The molecule has 1 amide bonds. The van der Waals surface area contributed by atoms with Crippen LogP contribution in [0.15, 0.2) is 25.6 Å². The van der Waals surface area contributed by atoms with Crippen LogP contribution in [0.25, 0.3) is 0 Å². The van der Waals surface area contributed by atoms with Crippen molar-refractivity contribution in [3.8, 4) is 0 Å². The molecule has 2 N–H and O–H groups in total. The summed E-state index contributed by atoms with van der Waals surface area (Å²) in [6, 6.07) is 3.88. The average molecular weight is 485 g/mol. The third-order valence-electron chi connectivity index (χ3n) is 3.33. The van der Waals surface area contributed by atoms with Crippen molar-refractivity contribution in [1.82, 2.24) is 5.32 Å². The van der Waals surface area contributed by atoms with E-state index in [1.807, 2.05) is 12.1 Å².